The summed E-state index contributed by atoms with van der Waals surface area (Å²) in [6.45, 7) is 1.89. The van der Waals surface area contributed by atoms with Gasteiger partial charge in [0, 0.05) is 17.8 Å². The van der Waals surface area contributed by atoms with Gasteiger partial charge in [0.15, 0.2) is 0 Å². The number of fused-ring (bicyclic) bond motifs is 3. The number of rotatable bonds is 8. The van der Waals surface area contributed by atoms with Crippen LogP contribution in [0, 0.1) is 0 Å². The molecule has 1 aliphatic carbocycles. The van der Waals surface area contributed by atoms with Crippen molar-refractivity contribution in [2.24, 2.45) is 0 Å². The molecule has 1 aromatic heterocycles. The number of thiazole rings is 1. The van der Waals surface area contributed by atoms with E-state index in [1.165, 1.54) is 16.2 Å². The molecule has 4 rings (SSSR count). The Morgan fingerprint density at radius 1 is 1.09 bits per heavy atom. The number of ether oxygens (including phenoxy) is 1. The summed E-state index contributed by atoms with van der Waals surface area (Å²) >= 11 is 1.22. The normalized spacial score (nSPS) is 12.0. The van der Waals surface area contributed by atoms with E-state index in [9.17, 15) is 14.4 Å². The van der Waals surface area contributed by atoms with Crippen molar-refractivity contribution in [1.82, 2.24) is 15.2 Å². The predicted molar refractivity (Wildman–Crippen MR) is 123 cm³/mol. The zero-order valence-electron chi connectivity index (χ0n) is 18.0. The van der Waals surface area contributed by atoms with Crippen LogP contribution in [0.3, 0.4) is 0 Å². The Balaban J connectivity index is 1.33. The second-order valence-corrected chi connectivity index (χ2v) is 8.46. The molecule has 2 N–H and O–H groups in total. The monoisotopic (exact) mass is 465 g/mol. The minimum absolute atomic E-state index is 0.0264. The number of amides is 2. The number of carbonyl (C=O) groups excluding carboxylic acids is 2. The van der Waals surface area contributed by atoms with E-state index in [0.29, 0.717) is 5.01 Å². The van der Waals surface area contributed by atoms with E-state index in [1.807, 2.05) is 24.3 Å². The number of carboxylic acids is 1. The van der Waals surface area contributed by atoms with Crippen molar-refractivity contribution in [3.8, 4) is 11.1 Å². The van der Waals surface area contributed by atoms with Gasteiger partial charge in [-0.15, -0.1) is 11.3 Å². The van der Waals surface area contributed by atoms with Gasteiger partial charge in [-0.3, -0.25) is 9.59 Å². The molecule has 1 heterocycles. The van der Waals surface area contributed by atoms with E-state index < -0.39 is 18.0 Å². The molecule has 0 spiro atoms. The lowest BCUT2D eigenvalue weighted by atomic mass is 9.98. The van der Waals surface area contributed by atoms with Gasteiger partial charge in [-0.05, 0) is 29.2 Å². The van der Waals surface area contributed by atoms with E-state index in [0.717, 1.165) is 22.3 Å². The van der Waals surface area contributed by atoms with Crippen LogP contribution in [0.25, 0.3) is 11.1 Å². The van der Waals surface area contributed by atoms with E-state index in [2.05, 4.69) is 34.6 Å². The number of alkyl carbamates (subject to hydrolysis) is 1. The van der Waals surface area contributed by atoms with Gasteiger partial charge in [0.25, 0.3) is 5.91 Å². The van der Waals surface area contributed by atoms with Gasteiger partial charge in [0.1, 0.15) is 23.9 Å². The lowest BCUT2D eigenvalue weighted by Gasteiger charge is -2.16. The van der Waals surface area contributed by atoms with Crippen molar-refractivity contribution in [1.29, 1.82) is 0 Å². The molecular weight excluding hydrogens is 442 g/mol. The summed E-state index contributed by atoms with van der Waals surface area (Å²) in [5.74, 6) is -1.57. The summed E-state index contributed by atoms with van der Waals surface area (Å²) in [6.07, 6.45) is -0.569. The SMILES string of the molecule is CCN(CC(=O)O)C(=O)c1csc(CNC(=O)OCC2c3ccccc3-c3ccccc32)n1. The van der Waals surface area contributed by atoms with Crippen molar-refractivity contribution in [2.75, 3.05) is 19.7 Å². The van der Waals surface area contributed by atoms with Crippen molar-refractivity contribution >= 4 is 29.3 Å². The van der Waals surface area contributed by atoms with Crippen LogP contribution in [0.4, 0.5) is 4.79 Å². The van der Waals surface area contributed by atoms with Crippen LogP contribution in [-0.4, -0.2) is 52.7 Å². The van der Waals surface area contributed by atoms with Gasteiger partial charge < -0.3 is 20.1 Å². The van der Waals surface area contributed by atoms with Gasteiger partial charge in [-0.2, -0.15) is 0 Å². The lowest BCUT2D eigenvalue weighted by Crippen LogP contribution is -2.35. The highest BCUT2D eigenvalue weighted by atomic mass is 32.1. The zero-order chi connectivity index (χ0) is 23.4. The molecule has 0 aliphatic heterocycles. The standard InChI is InChI=1S/C24H23N3O5S/c1-2-27(12-22(28)29)23(30)20-14-33-21(26-20)11-25-24(31)32-13-19-17-9-5-3-7-15(17)16-8-4-6-10-18(16)19/h3-10,14,19H,2,11-13H2,1H3,(H,25,31)(H,28,29). The molecular formula is C24H23N3O5S. The maximum atomic E-state index is 12.4. The Morgan fingerprint density at radius 2 is 1.73 bits per heavy atom. The Hall–Kier alpha value is -3.72. The summed E-state index contributed by atoms with van der Waals surface area (Å²) in [7, 11) is 0. The molecule has 9 heteroatoms. The molecule has 2 aromatic carbocycles. The van der Waals surface area contributed by atoms with Crippen molar-refractivity contribution in [3.63, 3.8) is 0 Å². The Kier molecular flexibility index (Phi) is 6.69. The topological polar surface area (TPSA) is 109 Å². The zero-order valence-corrected chi connectivity index (χ0v) is 18.8. The Bertz CT molecular complexity index is 1150. The molecule has 0 saturated carbocycles. The summed E-state index contributed by atoms with van der Waals surface area (Å²) < 4.78 is 5.50. The quantitative estimate of drug-likeness (QED) is 0.525. The minimum atomic E-state index is -1.09. The molecule has 33 heavy (non-hydrogen) atoms. The second kappa shape index (κ2) is 9.83. The predicted octanol–water partition coefficient (Wildman–Crippen LogP) is 3.73. The average molecular weight is 466 g/mol. The summed E-state index contributed by atoms with van der Waals surface area (Å²) in [5.41, 5.74) is 4.75. The molecule has 0 radical (unpaired) electrons. The number of carbonyl (C=O) groups is 3. The van der Waals surface area contributed by atoms with Crippen molar-refractivity contribution < 1.29 is 24.2 Å². The number of nitrogens with one attached hydrogen (secondary N) is 1. The first-order chi connectivity index (χ1) is 16.0. The van der Waals surface area contributed by atoms with Crippen LogP contribution >= 0.6 is 11.3 Å². The van der Waals surface area contributed by atoms with Crippen molar-refractivity contribution in [2.45, 2.75) is 19.4 Å². The van der Waals surface area contributed by atoms with Crippen LogP contribution < -0.4 is 5.32 Å². The van der Waals surface area contributed by atoms with Crippen LogP contribution in [0.2, 0.25) is 0 Å². The molecule has 0 unspecified atom stereocenters. The molecule has 170 valence electrons. The number of hydrogen-bond acceptors (Lipinski definition) is 6. The van der Waals surface area contributed by atoms with E-state index in [4.69, 9.17) is 9.84 Å². The van der Waals surface area contributed by atoms with Crippen LogP contribution in [0.1, 0.15) is 39.5 Å². The maximum absolute atomic E-state index is 12.4. The van der Waals surface area contributed by atoms with Gasteiger partial charge in [-0.1, -0.05) is 48.5 Å². The third-order valence-corrected chi connectivity index (χ3v) is 6.34. The average Bonchev–Trinajstić information content (AvgIpc) is 3.42. The largest absolute Gasteiger partial charge is 0.480 e. The molecule has 2 amide bonds. The van der Waals surface area contributed by atoms with Crippen LogP contribution in [0.5, 0.6) is 0 Å². The van der Waals surface area contributed by atoms with Crippen LogP contribution in [0.15, 0.2) is 53.9 Å². The number of aliphatic carboxylic acids is 1. The first-order valence-electron chi connectivity index (χ1n) is 10.5. The fraction of sp³-hybridized carbons (Fsp3) is 0.250. The molecule has 3 aromatic rings. The number of hydrogen-bond donors (Lipinski definition) is 2. The van der Waals surface area contributed by atoms with Gasteiger partial charge in [-0.25, -0.2) is 9.78 Å². The first kappa shape index (κ1) is 22.5. The third kappa shape index (κ3) is 4.88. The number of benzene rings is 2. The van der Waals surface area contributed by atoms with Gasteiger partial charge in [0.05, 0.1) is 6.54 Å². The van der Waals surface area contributed by atoms with E-state index in [1.54, 1.807) is 12.3 Å². The highest BCUT2D eigenvalue weighted by Gasteiger charge is 2.29. The fourth-order valence-corrected chi connectivity index (χ4v) is 4.65. The number of nitrogens with zero attached hydrogens (tertiary/aromatic N) is 2. The summed E-state index contributed by atoms with van der Waals surface area (Å²) in [6, 6.07) is 16.2. The first-order valence-corrected chi connectivity index (χ1v) is 11.4. The molecule has 1 aliphatic rings. The Labute approximate surface area is 194 Å². The third-order valence-electron chi connectivity index (χ3n) is 5.49. The summed E-state index contributed by atoms with van der Waals surface area (Å²) in [4.78, 5) is 41.0. The van der Waals surface area contributed by atoms with E-state index in [-0.39, 0.29) is 37.9 Å². The van der Waals surface area contributed by atoms with Gasteiger partial charge in [0.2, 0.25) is 0 Å². The highest BCUT2D eigenvalue weighted by molar-refractivity contribution is 7.09. The minimum Gasteiger partial charge on any atom is -0.480 e. The second-order valence-electron chi connectivity index (χ2n) is 7.52. The molecule has 0 atom stereocenters. The summed E-state index contributed by atoms with van der Waals surface area (Å²) in [5, 5.41) is 13.7. The molecule has 0 fully saturated rings. The molecule has 0 saturated heterocycles. The highest BCUT2D eigenvalue weighted by Crippen LogP contribution is 2.44. The van der Waals surface area contributed by atoms with Gasteiger partial charge >= 0.3 is 12.1 Å². The van der Waals surface area contributed by atoms with Crippen molar-refractivity contribution in [3.05, 3.63) is 75.7 Å². The smallest absolute Gasteiger partial charge is 0.407 e. The Morgan fingerprint density at radius 3 is 2.33 bits per heavy atom. The van der Waals surface area contributed by atoms with E-state index >= 15 is 0 Å². The number of aromatic nitrogens is 1. The fourth-order valence-electron chi connectivity index (χ4n) is 3.94. The number of carboxylic acid groups (broad SMARTS) is 1. The molecule has 0 bridgehead atoms. The maximum Gasteiger partial charge on any atom is 0.407 e. The lowest BCUT2D eigenvalue weighted by molar-refractivity contribution is -0.137. The van der Waals surface area contributed by atoms with Crippen LogP contribution in [-0.2, 0) is 16.1 Å². The molecule has 8 nitrogen and oxygen atoms in total. The number of likely N-dealkylation sites (N-methyl/N-ethyl adjacent to an activating group) is 1.